The minimum atomic E-state index is 0.0319. The summed E-state index contributed by atoms with van der Waals surface area (Å²) in [6.07, 6.45) is 4.19. The number of carbonyl (C=O) groups excluding carboxylic acids is 1. The van der Waals surface area contributed by atoms with Crippen LogP contribution in [0, 0.1) is 0 Å². The molecule has 4 rings (SSSR count). The number of aryl methyl sites for hydroxylation is 1. The third kappa shape index (κ3) is 2.53. The van der Waals surface area contributed by atoms with Gasteiger partial charge in [-0.15, -0.1) is 0 Å². The predicted octanol–water partition coefficient (Wildman–Crippen LogP) is 2.55. The largest absolute Gasteiger partial charge is 0.333 e. The molecule has 1 unspecified atom stereocenters. The van der Waals surface area contributed by atoms with Gasteiger partial charge in [-0.1, -0.05) is 24.3 Å². The topological polar surface area (TPSA) is 52.2 Å². The maximum Gasteiger partial charge on any atom is 0.274 e. The van der Waals surface area contributed by atoms with Crippen LogP contribution in [0.1, 0.15) is 51.8 Å². The quantitative estimate of drug-likeness (QED) is 0.923. The number of carbonyl (C=O) groups is 1. The molecule has 0 radical (unpaired) electrons. The van der Waals surface area contributed by atoms with Crippen LogP contribution in [0.25, 0.3) is 0 Å². The number of aromatic amines is 1. The van der Waals surface area contributed by atoms with Crippen molar-refractivity contribution in [2.24, 2.45) is 0 Å². The number of H-pyrrole nitrogens is 1. The number of nitrogens with one attached hydrogen (secondary N) is 1. The van der Waals surface area contributed by atoms with Gasteiger partial charge in [0, 0.05) is 37.8 Å². The molecule has 1 atom stereocenters. The molecule has 126 valence electrons. The lowest BCUT2D eigenvalue weighted by Crippen LogP contribution is -2.35. The molecule has 1 aromatic heterocycles. The van der Waals surface area contributed by atoms with Gasteiger partial charge in [0.2, 0.25) is 0 Å². The molecule has 1 aromatic carbocycles. The molecular formula is C19H24N4O. The van der Waals surface area contributed by atoms with Gasteiger partial charge in [-0.25, -0.2) is 0 Å². The minimum absolute atomic E-state index is 0.0319. The third-order valence-electron chi connectivity index (χ3n) is 5.45. The van der Waals surface area contributed by atoms with Crippen molar-refractivity contribution in [2.45, 2.75) is 38.3 Å². The molecule has 1 aliphatic carbocycles. The van der Waals surface area contributed by atoms with Crippen LogP contribution in [0.3, 0.4) is 0 Å². The van der Waals surface area contributed by atoms with Crippen LogP contribution < -0.4 is 0 Å². The van der Waals surface area contributed by atoms with E-state index in [2.05, 4.69) is 46.4 Å². The van der Waals surface area contributed by atoms with Crippen molar-refractivity contribution in [2.75, 3.05) is 20.6 Å². The molecule has 0 bridgehead atoms. The number of amides is 1. The lowest BCUT2D eigenvalue weighted by Gasteiger charge is -2.33. The van der Waals surface area contributed by atoms with E-state index in [1.807, 2.05) is 11.9 Å². The van der Waals surface area contributed by atoms with Gasteiger partial charge in [-0.2, -0.15) is 5.10 Å². The van der Waals surface area contributed by atoms with Crippen molar-refractivity contribution in [1.82, 2.24) is 20.0 Å². The van der Waals surface area contributed by atoms with E-state index in [0.29, 0.717) is 5.69 Å². The van der Waals surface area contributed by atoms with Crippen molar-refractivity contribution in [3.8, 4) is 0 Å². The molecule has 24 heavy (non-hydrogen) atoms. The molecular weight excluding hydrogens is 300 g/mol. The summed E-state index contributed by atoms with van der Waals surface area (Å²) in [6, 6.07) is 8.65. The maximum absolute atomic E-state index is 13.1. The number of hydrogen-bond acceptors (Lipinski definition) is 3. The van der Waals surface area contributed by atoms with E-state index in [4.69, 9.17) is 0 Å². The van der Waals surface area contributed by atoms with Crippen molar-refractivity contribution >= 4 is 5.91 Å². The number of benzene rings is 1. The summed E-state index contributed by atoms with van der Waals surface area (Å²) < 4.78 is 0. The number of fused-ring (bicyclic) bond motifs is 2. The van der Waals surface area contributed by atoms with E-state index in [0.717, 1.165) is 50.0 Å². The fourth-order valence-electron chi connectivity index (χ4n) is 4.05. The first-order chi connectivity index (χ1) is 11.6. The molecule has 2 aromatic rings. The molecule has 0 saturated heterocycles. The Morgan fingerprint density at radius 2 is 2.17 bits per heavy atom. The van der Waals surface area contributed by atoms with E-state index in [1.165, 1.54) is 11.1 Å². The van der Waals surface area contributed by atoms with E-state index >= 15 is 0 Å². The first-order valence-electron chi connectivity index (χ1n) is 8.74. The second-order valence-electron chi connectivity index (χ2n) is 7.04. The minimum Gasteiger partial charge on any atom is -0.333 e. The summed E-state index contributed by atoms with van der Waals surface area (Å²) in [6.45, 7) is 1.80. The van der Waals surface area contributed by atoms with E-state index in [-0.39, 0.29) is 11.9 Å². The number of rotatable bonds is 2. The molecule has 2 heterocycles. The van der Waals surface area contributed by atoms with Gasteiger partial charge in [-0.3, -0.25) is 9.89 Å². The summed E-state index contributed by atoms with van der Waals surface area (Å²) in [4.78, 5) is 17.3. The molecule has 2 aliphatic rings. The van der Waals surface area contributed by atoms with Crippen LogP contribution in [-0.2, 0) is 19.4 Å². The zero-order valence-electron chi connectivity index (χ0n) is 14.4. The summed E-state index contributed by atoms with van der Waals surface area (Å²) in [5.41, 5.74) is 5.46. The Kier molecular flexibility index (Phi) is 3.88. The Morgan fingerprint density at radius 1 is 1.33 bits per heavy atom. The Labute approximate surface area is 142 Å². The molecule has 1 amide bonds. The van der Waals surface area contributed by atoms with Crippen molar-refractivity contribution in [3.63, 3.8) is 0 Å². The van der Waals surface area contributed by atoms with Gasteiger partial charge < -0.3 is 9.80 Å². The lowest BCUT2D eigenvalue weighted by atomic mass is 9.87. The molecule has 1 aliphatic heterocycles. The first-order valence-corrected chi connectivity index (χ1v) is 8.74. The van der Waals surface area contributed by atoms with Gasteiger partial charge in [-0.05, 0) is 37.4 Å². The highest BCUT2D eigenvalue weighted by atomic mass is 16.2. The zero-order valence-corrected chi connectivity index (χ0v) is 14.4. The molecule has 0 fully saturated rings. The fourth-order valence-corrected chi connectivity index (χ4v) is 4.05. The fraction of sp³-hybridized carbons (Fsp3) is 0.474. The second kappa shape index (κ2) is 6.06. The van der Waals surface area contributed by atoms with Gasteiger partial charge in [0.15, 0.2) is 5.69 Å². The van der Waals surface area contributed by atoms with Crippen molar-refractivity contribution < 1.29 is 4.79 Å². The standard InChI is InChI=1S/C19H24N4O/c1-22-11-10-16-15(12-22)18(21-20-16)19(24)23(2)17-9-5-7-13-6-3-4-8-14(13)17/h3-4,6,8,17H,5,7,9-12H2,1-2H3,(H,20,21). The Balaban J connectivity index is 1.63. The van der Waals surface area contributed by atoms with Gasteiger partial charge in [0.25, 0.3) is 5.91 Å². The van der Waals surface area contributed by atoms with Crippen LogP contribution in [-0.4, -0.2) is 46.5 Å². The van der Waals surface area contributed by atoms with Crippen LogP contribution in [0.15, 0.2) is 24.3 Å². The van der Waals surface area contributed by atoms with E-state index in [9.17, 15) is 4.79 Å². The normalized spacial score (nSPS) is 20.3. The van der Waals surface area contributed by atoms with Crippen LogP contribution in [0.2, 0.25) is 0 Å². The highest BCUT2D eigenvalue weighted by molar-refractivity contribution is 5.94. The smallest absolute Gasteiger partial charge is 0.274 e. The molecule has 0 saturated carbocycles. The number of hydrogen-bond donors (Lipinski definition) is 1. The molecule has 1 N–H and O–H groups in total. The monoisotopic (exact) mass is 324 g/mol. The first kappa shape index (κ1) is 15.4. The van der Waals surface area contributed by atoms with Crippen LogP contribution in [0.5, 0.6) is 0 Å². The van der Waals surface area contributed by atoms with Crippen molar-refractivity contribution in [1.29, 1.82) is 0 Å². The average Bonchev–Trinajstić information content (AvgIpc) is 3.03. The summed E-state index contributed by atoms with van der Waals surface area (Å²) in [5, 5.41) is 7.44. The summed E-state index contributed by atoms with van der Waals surface area (Å²) >= 11 is 0. The number of aromatic nitrogens is 2. The van der Waals surface area contributed by atoms with E-state index < -0.39 is 0 Å². The predicted molar refractivity (Wildman–Crippen MR) is 92.8 cm³/mol. The Morgan fingerprint density at radius 3 is 3.04 bits per heavy atom. The highest BCUT2D eigenvalue weighted by Crippen LogP contribution is 2.34. The van der Waals surface area contributed by atoms with Gasteiger partial charge >= 0.3 is 0 Å². The lowest BCUT2D eigenvalue weighted by molar-refractivity contribution is 0.0706. The SMILES string of the molecule is CN1CCc2[nH]nc(C(=O)N(C)C3CCCc4ccccc43)c2C1. The molecule has 5 nitrogen and oxygen atoms in total. The zero-order chi connectivity index (χ0) is 16.7. The second-order valence-corrected chi connectivity index (χ2v) is 7.04. The molecule has 5 heteroatoms. The van der Waals surface area contributed by atoms with Gasteiger partial charge in [0.05, 0.1) is 6.04 Å². The Hall–Kier alpha value is -2.14. The van der Waals surface area contributed by atoms with Gasteiger partial charge in [0.1, 0.15) is 0 Å². The number of likely N-dealkylation sites (N-methyl/N-ethyl adjacent to an activating group) is 1. The van der Waals surface area contributed by atoms with Crippen LogP contribution in [0.4, 0.5) is 0 Å². The number of nitrogens with zero attached hydrogens (tertiary/aromatic N) is 3. The maximum atomic E-state index is 13.1. The van der Waals surface area contributed by atoms with E-state index in [1.54, 1.807) is 0 Å². The third-order valence-corrected chi connectivity index (χ3v) is 5.45. The Bertz CT molecular complexity index is 766. The summed E-state index contributed by atoms with van der Waals surface area (Å²) in [7, 11) is 4.01. The molecule has 0 spiro atoms. The average molecular weight is 324 g/mol. The highest BCUT2D eigenvalue weighted by Gasteiger charge is 2.31. The summed E-state index contributed by atoms with van der Waals surface area (Å²) in [5.74, 6) is 0.0319. The van der Waals surface area contributed by atoms with Crippen molar-refractivity contribution in [3.05, 3.63) is 52.3 Å². The van der Waals surface area contributed by atoms with Crippen LogP contribution >= 0.6 is 0 Å².